The molecular weight excluding hydrogens is 324 g/mol. The van der Waals surface area contributed by atoms with Crippen LogP contribution in [-0.4, -0.2) is 27.7 Å². The van der Waals surface area contributed by atoms with Crippen LogP contribution >= 0.6 is 15.9 Å². The van der Waals surface area contributed by atoms with E-state index in [-0.39, 0.29) is 28.8 Å². The molecule has 0 bridgehead atoms. The third kappa shape index (κ3) is 3.12. The van der Waals surface area contributed by atoms with Gasteiger partial charge in [0.25, 0.3) is 0 Å². The van der Waals surface area contributed by atoms with Gasteiger partial charge in [-0.05, 0) is 28.8 Å². The Morgan fingerprint density at radius 1 is 1.56 bits per heavy atom. The van der Waals surface area contributed by atoms with Gasteiger partial charge >= 0.3 is 0 Å². The molecule has 2 rings (SSSR count). The molecule has 6 nitrogen and oxygen atoms in total. The molecule has 0 spiro atoms. The van der Waals surface area contributed by atoms with Crippen LogP contribution in [-0.2, 0) is 21.3 Å². The lowest BCUT2D eigenvalue weighted by Gasteiger charge is -2.10. The van der Waals surface area contributed by atoms with E-state index in [2.05, 4.69) is 20.7 Å². The molecule has 0 aromatic carbocycles. The standard InChI is InChI=1S/C10H15BrN2O4S/c11-10-9(4-8(5-12)17-10)18(14,15)13-6-7-2-1-3-16-7/h4,7,13H,1-3,5-6,12H2. The largest absolute Gasteiger partial charge is 0.452 e. The van der Waals surface area contributed by atoms with Gasteiger partial charge < -0.3 is 14.9 Å². The minimum Gasteiger partial charge on any atom is -0.452 e. The number of hydrogen-bond donors (Lipinski definition) is 2. The smallest absolute Gasteiger partial charge is 0.245 e. The SMILES string of the molecule is NCc1cc(S(=O)(=O)NCC2CCCO2)c(Br)o1. The molecule has 2 heterocycles. The van der Waals surface area contributed by atoms with Crippen LogP contribution < -0.4 is 10.5 Å². The van der Waals surface area contributed by atoms with Crippen LogP contribution in [0, 0.1) is 0 Å². The van der Waals surface area contributed by atoms with E-state index in [0.29, 0.717) is 12.4 Å². The van der Waals surface area contributed by atoms with Crippen LogP contribution in [0.5, 0.6) is 0 Å². The summed E-state index contributed by atoms with van der Waals surface area (Å²) in [5.41, 5.74) is 5.40. The molecule has 0 radical (unpaired) electrons. The maximum Gasteiger partial charge on any atom is 0.245 e. The first-order valence-corrected chi connectivity index (χ1v) is 7.90. The van der Waals surface area contributed by atoms with Crippen molar-refractivity contribution in [3.8, 4) is 0 Å². The molecule has 8 heteroatoms. The van der Waals surface area contributed by atoms with Crippen molar-refractivity contribution in [3.05, 3.63) is 16.5 Å². The topological polar surface area (TPSA) is 94.6 Å². The maximum absolute atomic E-state index is 12.0. The zero-order chi connectivity index (χ0) is 13.2. The molecule has 0 amide bonds. The first-order valence-electron chi connectivity index (χ1n) is 5.62. The molecule has 1 atom stereocenters. The van der Waals surface area contributed by atoms with Crippen molar-refractivity contribution in [3.63, 3.8) is 0 Å². The predicted molar refractivity (Wildman–Crippen MR) is 68.5 cm³/mol. The summed E-state index contributed by atoms with van der Waals surface area (Å²) in [7, 11) is -3.59. The van der Waals surface area contributed by atoms with Crippen molar-refractivity contribution >= 4 is 26.0 Å². The molecule has 1 fully saturated rings. The summed E-state index contributed by atoms with van der Waals surface area (Å²) in [5.74, 6) is 0.416. The van der Waals surface area contributed by atoms with Gasteiger partial charge in [-0.25, -0.2) is 13.1 Å². The number of ether oxygens (including phenoxy) is 1. The number of sulfonamides is 1. The van der Waals surface area contributed by atoms with Gasteiger partial charge in [-0.1, -0.05) is 0 Å². The van der Waals surface area contributed by atoms with E-state index < -0.39 is 10.0 Å². The summed E-state index contributed by atoms with van der Waals surface area (Å²) in [6, 6.07) is 1.42. The van der Waals surface area contributed by atoms with E-state index in [1.54, 1.807) is 0 Å². The fourth-order valence-electron chi connectivity index (χ4n) is 1.77. The summed E-state index contributed by atoms with van der Waals surface area (Å²) in [6.45, 7) is 1.12. The third-order valence-electron chi connectivity index (χ3n) is 2.72. The monoisotopic (exact) mass is 338 g/mol. The molecule has 1 unspecified atom stereocenters. The van der Waals surface area contributed by atoms with Gasteiger partial charge in [0.1, 0.15) is 10.7 Å². The third-order valence-corrected chi connectivity index (χ3v) is 5.00. The lowest BCUT2D eigenvalue weighted by molar-refractivity contribution is 0.114. The molecule has 1 aliphatic heterocycles. The van der Waals surface area contributed by atoms with Crippen LogP contribution in [0.15, 0.2) is 20.0 Å². The summed E-state index contributed by atoms with van der Waals surface area (Å²) >= 11 is 3.07. The molecule has 0 aliphatic carbocycles. The number of hydrogen-bond acceptors (Lipinski definition) is 5. The summed E-state index contributed by atoms with van der Waals surface area (Å²) in [4.78, 5) is 0.0703. The van der Waals surface area contributed by atoms with Crippen molar-refractivity contribution in [2.75, 3.05) is 13.2 Å². The second-order valence-electron chi connectivity index (χ2n) is 4.04. The molecule has 0 saturated carbocycles. The Morgan fingerprint density at radius 2 is 2.33 bits per heavy atom. The van der Waals surface area contributed by atoms with Crippen molar-refractivity contribution in [2.24, 2.45) is 5.73 Å². The van der Waals surface area contributed by atoms with Gasteiger partial charge in [0.15, 0.2) is 4.67 Å². The average Bonchev–Trinajstić information content (AvgIpc) is 2.95. The Bertz CT molecular complexity index is 508. The van der Waals surface area contributed by atoms with Gasteiger partial charge in [0.2, 0.25) is 10.0 Å². The van der Waals surface area contributed by atoms with Gasteiger partial charge in [0.05, 0.1) is 12.6 Å². The van der Waals surface area contributed by atoms with Gasteiger partial charge in [-0.2, -0.15) is 0 Å². The second kappa shape index (κ2) is 5.70. The van der Waals surface area contributed by atoms with E-state index in [4.69, 9.17) is 14.9 Å². The van der Waals surface area contributed by atoms with Crippen LogP contribution in [0.3, 0.4) is 0 Å². The Morgan fingerprint density at radius 3 is 2.89 bits per heavy atom. The fourth-order valence-corrected chi connectivity index (χ4v) is 3.83. The van der Waals surface area contributed by atoms with Crippen LogP contribution in [0.1, 0.15) is 18.6 Å². The number of rotatable bonds is 5. The molecule has 1 aromatic rings. The number of furan rings is 1. The number of halogens is 1. The highest BCUT2D eigenvalue weighted by atomic mass is 79.9. The second-order valence-corrected chi connectivity index (χ2v) is 6.50. The first kappa shape index (κ1) is 14.0. The lowest BCUT2D eigenvalue weighted by Crippen LogP contribution is -2.31. The molecule has 1 aromatic heterocycles. The van der Waals surface area contributed by atoms with Crippen molar-refractivity contribution < 1.29 is 17.6 Å². The van der Waals surface area contributed by atoms with E-state index in [0.717, 1.165) is 12.8 Å². The van der Waals surface area contributed by atoms with Gasteiger partial charge in [-0.3, -0.25) is 0 Å². The van der Waals surface area contributed by atoms with E-state index >= 15 is 0 Å². The summed E-state index contributed by atoms with van der Waals surface area (Å²) in [5, 5.41) is 0. The molecule has 18 heavy (non-hydrogen) atoms. The fraction of sp³-hybridized carbons (Fsp3) is 0.600. The number of nitrogens with two attached hydrogens (primary N) is 1. The number of nitrogens with one attached hydrogen (secondary N) is 1. The van der Waals surface area contributed by atoms with E-state index in [1.165, 1.54) is 6.07 Å². The van der Waals surface area contributed by atoms with Crippen LogP contribution in [0.4, 0.5) is 0 Å². The minimum atomic E-state index is -3.59. The van der Waals surface area contributed by atoms with Gasteiger partial charge in [-0.15, -0.1) is 0 Å². The lowest BCUT2D eigenvalue weighted by atomic mass is 10.2. The first-order chi connectivity index (χ1) is 8.53. The Balaban J connectivity index is 2.06. The predicted octanol–water partition coefficient (Wildman–Crippen LogP) is 0.958. The quantitative estimate of drug-likeness (QED) is 0.833. The van der Waals surface area contributed by atoms with Crippen molar-refractivity contribution in [2.45, 2.75) is 30.4 Å². The zero-order valence-corrected chi connectivity index (χ0v) is 12.1. The molecule has 1 saturated heterocycles. The molecule has 3 N–H and O–H groups in total. The highest BCUT2D eigenvalue weighted by molar-refractivity contribution is 9.10. The highest BCUT2D eigenvalue weighted by Gasteiger charge is 2.24. The van der Waals surface area contributed by atoms with E-state index in [1.807, 2.05) is 0 Å². The average molecular weight is 339 g/mol. The van der Waals surface area contributed by atoms with Crippen molar-refractivity contribution in [1.29, 1.82) is 0 Å². The minimum absolute atomic E-state index is 0.0422. The Hall–Kier alpha value is -0.410. The molecule has 1 aliphatic rings. The summed E-state index contributed by atoms with van der Waals surface area (Å²) in [6.07, 6.45) is 1.81. The van der Waals surface area contributed by atoms with Crippen LogP contribution in [0.25, 0.3) is 0 Å². The summed E-state index contributed by atoms with van der Waals surface area (Å²) < 4.78 is 37.3. The zero-order valence-electron chi connectivity index (χ0n) is 9.69. The molecule has 102 valence electrons. The van der Waals surface area contributed by atoms with E-state index in [9.17, 15) is 8.42 Å². The maximum atomic E-state index is 12.0. The van der Waals surface area contributed by atoms with Crippen LogP contribution in [0.2, 0.25) is 0 Å². The normalized spacial score (nSPS) is 20.4. The molecular formula is C10H15BrN2O4S. The Labute approximate surface area is 114 Å². The van der Waals surface area contributed by atoms with Gasteiger partial charge in [0, 0.05) is 19.2 Å². The Kier molecular flexibility index (Phi) is 4.44. The highest BCUT2D eigenvalue weighted by Crippen LogP contribution is 2.26. The van der Waals surface area contributed by atoms with Crippen molar-refractivity contribution in [1.82, 2.24) is 4.72 Å².